The highest BCUT2D eigenvalue weighted by molar-refractivity contribution is 7.99. The minimum absolute atomic E-state index is 0.273. The lowest BCUT2D eigenvalue weighted by Crippen LogP contribution is -2.57. The first-order valence-corrected chi connectivity index (χ1v) is 7.29. The van der Waals surface area contributed by atoms with Crippen molar-refractivity contribution in [2.75, 3.05) is 31.9 Å². The Morgan fingerprint density at radius 1 is 1.29 bits per heavy atom. The van der Waals surface area contributed by atoms with Gasteiger partial charge in [0.2, 0.25) is 0 Å². The van der Waals surface area contributed by atoms with Crippen LogP contribution >= 0.6 is 11.8 Å². The van der Waals surface area contributed by atoms with Crippen molar-refractivity contribution in [3.8, 4) is 0 Å². The second kappa shape index (κ2) is 5.89. The van der Waals surface area contributed by atoms with Gasteiger partial charge in [-0.15, -0.1) is 11.8 Å². The average molecular weight is 250 g/mol. The van der Waals surface area contributed by atoms with Crippen molar-refractivity contribution < 1.29 is 0 Å². The predicted octanol–water partition coefficient (Wildman–Crippen LogP) is 2.46. The molecule has 0 saturated carbocycles. The normalized spacial score (nSPS) is 20.4. The molecular formula is C14H22N2S. The molecule has 0 amide bonds. The fourth-order valence-corrected chi connectivity index (χ4v) is 3.18. The minimum Gasteiger partial charge on any atom is -0.309 e. The molecule has 0 radical (unpaired) electrons. The van der Waals surface area contributed by atoms with Crippen LogP contribution in [0.2, 0.25) is 0 Å². The zero-order valence-corrected chi connectivity index (χ0v) is 11.6. The lowest BCUT2D eigenvalue weighted by Gasteiger charge is -2.39. The Bertz CT molecular complexity index is 337. The molecule has 0 atom stereocenters. The molecule has 0 bridgehead atoms. The first-order chi connectivity index (χ1) is 8.16. The van der Waals surface area contributed by atoms with Crippen LogP contribution in [0.25, 0.3) is 0 Å². The van der Waals surface area contributed by atoms with E-state index in [1.165, 1.54) is 23.7 Å². The molecule has 0 aromatic heterocycles. The zero-order chi connectivity index (χ0) is 12.1. The Labute approximate surface area is 109 Å². The molecule has 1 N–H and O–H groups in total. The van der Waals surface area contributed by atoms with E-state index in [2.05, 4.69) is 54.4 Å². The van der Waals surface area contributed by atoms with Crippen molar-refractivity contribution in [3.63, 3.8) is 0 Å². The van der Waals surface area contributed by atoms with Gasteiger partial charge >= 0.3 is 0 Å². The van der Waals surface area contributed by atoms with Crippen LogP contribution in [0.4, 0.5) is 0 Å². The summed E-state index contributed by atoms with van der Waals surface area (Å²) in [5, 5.41) is 3.55. The maximum atomic E-state index is 3.55. The molecule has 1 aromatic rings. The molecule has 1 aliphatic rings. The molecule has 0 spiro atoms. The van der Waals surface area contributed by atoms with Gasteiger partial charge < -0.3 is 5.32 Å². The van der Waals surface area contributed by atoms with Crippen LogP contribution in [0.5, 0.6) is 0 Å². The summed E-state index contributed by atoms with van der Waals surface area (Å²) >= 11 is 1.95. The van der Waals surface area contributed by atoms with Gasteiger partial charge in [0.05, 0.1) is 0 Å². The van der Waals surface area contributed by atoms with Gasteiger partial charge in [0.25, 0.3) is 0 Å². The highest BCUT2D eigenvalue weighted by Crippen LogP contribution is 2.18. The molecule has 0 unspecified atom stereocenters. The number of thioether (sulfide) groups is 1. The maximum Gasteiger partial charge on any atom is 0.0252 e. The van der Waals surface area contributed by atoms with Gasteiger partial charge in [-0.2, -0.15) is 0 Å². The average Bonchev–Trinajstić information content (AvgIpc) is 2.29. The van der Waals surface area contributed by atoms with Gasteiger partial charge in [-0.25, -0.2) is 0 Å². The van der Waals surface area contributed by atoms with E-state index >= 15 is 0 Å². The molecule has 2 rings (SSSR count). The van der Waals surface area contributed by atoms with E-state index in [1.807, 2.05) is 11.8 Å². The van der Waals surface area contributed by atoms with Gasteiger partial charge in [-0.05, 0) is 26.0 Å². The summed E-state index contributed by atoms with van der Waals surface area (Å²) in [6.45, 7) is 9.20. The third kappa shape index (κ3) is 4.34. The molecule has 94 valence electrons. The lowest BCUT2D eigenvalue weighted by molar-refractivity contribution is 0.163. The van der Waals surface area contributed by atoms with E-state index in [4.69, 9.17) is 0 Å². The van der Waals surface area contributed by atoms with Gasteiger partial charge in [-0.1, -0.05) is 18.2 Å². The summed E-state index contributed by atoms with van der Waals surface area (Å²) in [5.74, 6) is 1.18. The summed E-state index contributed by atoms with van der Waals surface area (Å²) in [4.78, 5) is 3.94. The van der Waals surface area contributed by atoms with Crippen molar-refractivity contribution >= 4 is 11.8 Å². The number of nitrogens with zero attached hydrogens (tertiary/aromatic N) is 1. The van der Waals surface area contributed by atoms with Crippen molar-refractivity contribution in [3.05, 3.63) is 30.3 Å². The molecule has 0 aliphatic carbocycles. The second-order valence-electron chi connectivity index (χ2n) is 5.25. The van der Waals surface area contributed by atoms with E-state index in [-0.39, 0.29) is 5.54 Å². The number of nitrogens with one attached hydrogen (secondary N) is 1. The summed E-state index contributed by atoms with van der Waals surface area (Å²) in [5.41, 5.74) is 0.273. The lowest BCUT2D eigenvalue weighted by atomic mass is 10.0. The van der Waals surface area contributed by atoms with Crippen LogP contribution in [0.3, 0.4) is 0 Å². The predicted molar refractivity (Wildman–Crippen MR) is 75.7 cm³/mol. The van der Waals surface area contributed by atoms with Crippen molar-refractivity contribution in [2.45, 2.75) is 24.3 Å². The second-order valence-corrected chi connectivity index (χ2v) is 6.42. The molecular weight excluding hydrogens is 228 g/mol. The zero-order valence-electron chi connectivity index (χ0n) is 10.8. The molecule has 1 saturated heterocycles. The molecule has 1 fully saturated rings. The Morgan fingerprint density at radius 3 is 2.76 bits per heavy atom. The molecule has 17 heavy (non-hydrogen) atoms. The molecule has 1 heterocycles. The minimum atomic E-state index is 0.273. The van der Waals surface area contributed by atoms with E-state index in [0.717, 1.165) is 13.1 Å². The van der Waals surface area contributed by atoms with Crippen LogP contribution in [0.15, 0.2) is 35.2 Å². The van der Waals surface area contributed by atoms with Crippen LogP contribution in [-0.4, -0.2) is 42.4 Å². The maximum absolute atomic E-state index is 3.55. The number of rotatable bonds is 4. The first kappa shape index (κ1) is 12.9. The largest absolute Gasteiger partial charge is 0.309 e. The Hall–Kier alpha value is -0.510. The van der Waals surface area contributed by atoms with E-state index < -0.39 is 0 Å². The van der Waals surface area contributed by atoms with Crippen molar-refractivity contribution in [1.82, 2.24) is 10.2 Å². The number of hydrogen-bond acceptors (Lipinski definition) is 3. The Kier molecular flexibility index (Phi) is 4.48. The molecule has 1 aliphatic heterocycles. The van der Waals surface area contributed by atoms with Crippen LogP contribution in [0.1, 0.15) is 13.8 Å². The number of piperazine rings is 1. The fraction of sp³-hybridized carbons (Fsp3) is 0.571. The first-order valence-electron chi connectivity index (χ1n) is 6.31. The van der Waals surface area contributed by atoms with E-state index in [9.17, 15) is 0 Å². The monoisotopic (exact) mass is 250 g/mol. The molecule has 3 heteroatoms. The van der Waals surface area contributed by atoms with Crippen LogP contribution in [-0.2, 0) is 0 Å². The number of benzene rings is 1. The number of hydrogen-bond donors (Lipinski definition) is 1. The fourth-order valence-electron chi connectivity index (χ4n) is 2.25. The van der Waals surface area contributed by atoms with Crippen LogP contribution in [0, 0.1) is 0 Å². The summed E-state index contributed by atoms with van der Waals surface area (Å²) < 4.78 is 0. The quantitative estimate of drug-likeness (QED) is 0.827. The Balaban J connectivity index is 1.72. The van der Waals surface area contributed by atoms with Crippen LogP contribution < -0.4 is 5.32 Å². The van der Waals surface area contributed by atoms with E-state index in [1.54, 1.807) is 0 Å². The third-order valence-corrected chi connectivity index (χ3v) is 4.06. The third-order valence-electron chi connectivity index (χ3n) is 3.07. The summed E-state index contributed by atoms with van der Waals surface area (Å²) in [7, 11) is 0. The summed E-state index contributed by atoms with van der Waals surface area (Å²) in [6, 6.07) is 10.7. The SMILES string of the molecule is CC1(C)CN(CCSc2ccccc2)CCN1. The van der Waals surface area contributed by atoms with Gasteiger partial charge in [0.1, 0.15) is 0 Å². The highest BCUT2D eigenvalue weighted by atomic mass is 32.2. The van der Waals surface area contributed by atoms with Gasteiger partial charge in [-0.3, -0.25) is 4.90 Å². The summed E-state index contributed by atoms with van der Waals surface area (Å²) in [6.07, 6.45) is 0. The molecule has 1 aromatic carbocycles. The topological polar surface area (TPSA) is 15.3 Å². The standard InChI is InChI=1S/C14H22N2S/c1-14(2)12-16(9-8-15-14)10-11-17-13-6-4-3-5-7-13/h3-7,15H,8-12H2,1-2H3. The van der Waals surface area contributed by atoms with Crippen molar-refractivity contribution in [2.24, 2.45) is 0 Å². The van der Waals surface area contributed by atoms with Crippen molar-refractivity contribution in [1.29, 1.82) is 0 Å². The van der Waals surface area contributed by atoms with E-state index in [0.29, 0.717) is 0 Å². The van der Waals surface area contributed by atoms with Gasteiger partial charge in [0, 0.05) is 42.4 Å². The highest BCUT2D eigenvalue weighted by Gasteiger charge is 2.24. The Morgan fingerprint density at radius 2 is 2.06 bits per heavy atom. The van der Waals surface area contributed by atoms with Gasteiger partial charge in [0.15, 0.2) is 0 Å². The molecule has 2 nitrogen and oxygen atoms in total. The smallest absolute Gasteiger partial charge is 0.0252 e.